The minimum atomic E-state index is -0.843. The zero-order chi connectivity index (χ0) is 15.2. The molecule has 1 aromatic carbocycles. The zero-order valence-electron chi connectivity index (χ0n) is 12.1. The van der Waals surface area contributed by atoms with Gasteiger partial charge in [-0.05, 0) is 38.5 Å². The fourth-order valence-corrected chi connectivity index (χ4v) is 2.85. The minimum Gasteiger partial charge on any atom is -0.481 e. The van der Waals surface area contributed by atoms with Crippen LogP contribution in [0.15, 0.2) is 24.3 Å². The molecule has 1 unspecified atom stereocenters. The van der Waals surface area contributed by atoms with Crippen LogP contribution in [-0.2, 0) is 4.79 Å². The molecule has 1 aliphatic heterocycles. The Balaban J connectivity index is 1.86. The van der Waals surface area contributed by atoms with E-state index in [2.05, 4.69) is 4.98 Å². The van der Waals surface area contributed by atoms with Crippen LogP contribution in [0.25, 0.3) is 10.9 Å². The quantitative estimate of drug-likeness (QED) is 0.890. The molecule has 0 bridgehead atoms. The Bertz CT molecular complexity index is 734. The van der Waals surface area contributed by atoms with E-state index in [-0.39, 0.29) is 12.5 Å². The maximum absolute atomic E-state index is 12.5. The molecule has 1 atom stereocenters. The van der Waals surface area contributed by atoms with Gasteiger partial charge in [0.15, 0.2) is 0 Å². The van der Waals surface area contributed by atoms with E-state index in [1.807, 2.05) is 31.2 Å². The van der Waals surface area contributed by atoms with E-state index in [0.717, 1.165) is 16.5 Å². The second-order valence-electron chi connectivity index (χ2n) is 6.12. The smallest absolute Gasteiger partial charge is 0.311 e. The summed E-state index contributed by atoms with van der Waals surface area (Å²) in [6.07, 6.45) is 0.493. The van der Waals surface area contributed by atoms with Crippen molar-refractivity contribution in [1.29, 1.82) is 0 Å². The summed E-state index contributed by atoms with van der Waals surface area (Å²) in [6.45, 7) is 4.44. The third kappa shape index (κ3) is 2.28. The van der Waals surface area contributed by atoms with Crippen LogP contribution >= 0.6 is 0 Å². The molecule has 2 heterocycles. The van der Waals surface area contributed by atoms with E-state index in [0.29, 0.717) is 18.7 Å². The molecule has 0 radical (unpaired) electrons. The van der Waals surface area contributed by atoms with Crippen LogP contribution < -0.4 is 0 Å². The van der Waals surface area contributed by atoms with Gasteiger partial charge in [-0.3, -0.25) is 9.59 Å². The lowest BCUT2D eigenvalue weighted by Gasteiger charge is -2.19. The molecule has 1 fully saturated rings. The molecule has 2 aromatic rings. The molecule has 110 valence electrons. The van der Waals surface area contributed by atoms with E-state index in [1.165, 1.54) is 0 Å². The number of hydrogen-bond donors (Lipinski definition) is 2. The molecule has 3 rings (SSSR count). The SMILES string of the molecule is Cc1ccc2[nH]c(C(=O)N3CCC(C)(C(=O)O)C3)cc2c1. The maximum atomic E-state index is 12.5. The second kappa shape index (κ2) is 4.62. The summed E-state index contributed by atoms with van der Waals surface area (Å²) >= 11 is 0. The van der Waals surface area contributed by atoms with Gasteiger partial charge in [0, 0.05) is 24.0 Å². The predicted octanol–water partition coefficient (Wildman–Crippen LogP) is 2.41. The van der Waals surface area contributed by atoms with Crippen molar-refractivity contribution in [3.05, 3.63) is 35.5 Å². The number of H-pyrrole nitrogens is 1. The molecule has 1 saturated heterocycles. The van der Waals surface area contributed by atoms with Crippen LogP contribution in [0.2, 0.25) is 0 Å². The van der Waals surface area contributed by atoms with Crippen molar-refractivity contribution in [2.45, 2.75) is 20.3 Å². The van der Waals surface area contributed by atoms with Gasteiger partial charge in [0.1, 0.15) is 5.69 Å². The van der Waals surface area contributed by atoms with Crippen LogP contribution in [0.4, 0.5) is 0 Å². The van der Waals surface area contributed by atoms with Gasteiger partial charge in [0.05, 0.1) is 5.41 Å². The first-order valence-corrected chi connectivity index (χ1v) is 7.01. The van der Waals surface area contributed by atoms with Crippen molar-refractivity contribution in [3.63, 3.8) is 0 Å². The third-order valence-corrected chi connectivity index (χ3v) is 4.28. The first kappa shape index (κ1) is 13.7. The highest BCUT2D eigenvalue weighted by molar-refractivity contribution is 5.98. The molecule has 0 saturated carbocycles. The first-order chi connectivity index (χ1) is 9.89. The van der Waals surface area contributed by atoms with E-state index in [1.54, 1.807) is 11.8 Å². The molecule has 1 amide bonds. The maximum Gasteiger partial charge on any atom is 0.311 e. The Kier molecular flexibility index (Phi) is 3.01. The van der Waals surface area contributed by atoms with E-state index < -0.39 is 11.4 Å². The van der Waals surface area contributed by atoms with Gasteiger partial charge in [-0.1, -0.05) is 11.6 Å². The number of aromatic amines is 1. The van der Waals surface area contributed by atoms with E-state index in [4.69, 9.17) is 0 Å². The number of hydrogen-bond acceptors (Lipinski definition) is 2. The molecule has 0 spiro atoms. The molecule has 0 aliphatic carbocycles. The third-order valence-electron chi connectivity index (χ3n) is 4.28. The number of carbonyl (C=O) groups is 2. The average molecular weight is 286 g/mol. The van der Waals surface area contributed by atoms with Gasteiger partial charge in [0.25, 0.3) is 5.91 Å². The number of nitrogens with one attached hydrogen (secondary N) is 1. The lowest BCUT2D eigenvalue weighted by molar-refractivity contribution is -0.147. The summed E-state index contributed by atoms with van der Waals surface area (Å²) in [4.78, 5) is 28.5. The highest BCUT2D eigenvalue weighted by atomic mass is 16.4. The van der Waals surface area contributed by atoms with Crippen molar-refractivity contribution < 1.29 is 14.7 Å². The van der Waals surface area contributed by atoms with Crippen molar-refractivity contribution in [1.82, 2.24) is 9.88 Å². The summed E-state index contributed by atoms with van der Waals surface area (Å²) in [6, 6.07) is 7.80. The molecular weight excluding hydrogens is 268 g/mol. The summed E-state index contributed by atoms with van der Waals surface area (Å²) in [7, 11) is 0. The average Bonchev–Trinajstić information content (AvgIpc) is 3.02. The van der Waals surface area contributed by atoms with Gasteiger partial charge in [-0.25, -0.2) is 0 Å². The largest absolute Gasteiger partial charge is 0.481 e. The summed E-state index contributed by atoms with van der Waals surface area (Å²) < 4.78 is 0. The molecule has 2 N–H and O–H groups in total. The summed E-state index contributed by atoms with van der Waals surface area (Å²) in [5.74, 6) is -0.973. The lowest BCUT2D eigenvalue weighted by Crippen LogP contribution is -2.35. The van der Waals surface area contributed by atoms with Gasteiger partial charge in [-0.2, -0.15) is 0 Å². The number of benzene rings is 1. The first-order valence-electron chi connectivity index (χ1n) is 7.01. The number of amides is 1. The Morgan fingerprint density at radius 1 is 1.33 bits per heavy atom. The van der Waals surface area contributed by atoms with Gasteiger partial charge < -0.3 is 15.0 Å². The van der Waals surface area contributed by atoms with Gasteiger partial charge >= 0.3 is 5.97 Å². The Labute approximate surface area is 122 Å². The van der Waals surface area contributed by atoms with Crippen molar-refractivity contribution in [3.8, 4) is 0 Å². The Hall–Kier alpha value is -2.30. The van der Waals surface area contributed by atoms with E-state index in [9.17, 15) is 14.7 Å². The van der Waals surface area contributed by atoms with Crippen LogP contribution in [0.3, 0.4) is 0 Å². The van der Waals surface area contributed by atoms with Crippen LogP contribution in [-0.4, -0.2) is 40.0 Å². The number of carbonyl (C=O) groups excluding carboxylic acids is 1. The molecule has 1 aromatic heterocycles. The van der Waals surface area contributed by atoms with Crippen LogP contribution in [0.5, 0.6) is 0 Å². The minimum absolute atomic E-state index is 0.131. The van der Waals surface area contributed by atoms with Gasteiger partial charge in [-0.15, -0.1) is 0 Å². The zero-order valence-corrected chi connectivity index (χ0v) is 12.1. The number of rotatable bonds is 2. The van der Waals surface area contributed by atoms with E-state index >= 15 is 0 Å². The predicted molar refractivity (Wildman–Crippen MR) is 79.3 cm³/mol. The number of carboxylic acid groups (broad SMARTS) is 1. The molecule has 5 heteroatoms. The summed E-state index contributed by atoms with van der Waals surface area (Å²) in [5.41, 5.74) is 1.74. The number of likely N-dealkylation sites (tertiary alicyclic amines) is 1. The summed E-state index contributed by atoms with van der Waals surface area (Å²) in [5, 5.41) is 10.2. The van der Waals surface area contributed by atoms with Crippen molar-refractivity contribution in [2.24, 2.45) is 5.41 Å². The normalized spacial score (nSPS) is 21.9. The number of nitrogens with zero attached hydrogens (tertiary/aromatic N) is 1. The second-order valence-corrected chi connectivity index (χ2v) is 6.12. The Morgan fingerprint density at radius 2 is 2.10 bits per heavy atom. The molecule has 1 aliphatic rings. The van der Waals surface area contributed by atoms with Crippen molar-refractivity contribution in [2.75, 3.05) is 13.1 Å². The Morgan fingerprint density at radius 3 is 2.76 bits per heavy atom. The molecular formula is C16H18N2O3. The fourth-order valence-electron chi connectivity index (χ4n) is 2.85. The number of carboxylic acids is 1. The highest BCUT2D eigenvalue weighted by Gasteiger charge is 2.42. The van der Waals surface area contributed by atoms with Gasteiger partial charge in [0.2, 0.25) is 0 Å². The highest BCUT2D eigenvalue weighted by Crippen LogP contribution is 2.31. The lowest BCUT2D eigenvalue weighted by atomic mass is 9.90. The standard InChI is InChI=1S/C16H18N2O3/c1-10-3-4-12-11(7-10)8-13(17-12)14(19)18-6-5-16(2,9-18)15(20)21/h3-4,7-8,17H,5-6,9H2,1-2H3,(H,20,21). The molecule has 21 heavy (non-hydrogen) atoms. The fraction of sp³-hybridized carbons (Fsp3) is 0.375. The number of fused-ring (bicyclic) bond motifs is 1. The topological polar surface area (TPSA) is 73.4 Å². The number of aromatic nitrogens is 1. The number of aryl methyl sites for hydroxylation is 1. The molecule has 5 nitrogen and oxygen atoms in total. The number of aliphatic carboxylic acids is 1. The van der Waals surface area contributed by atoms with Crippen molar-refractivity contribution >= 4 is 22.8 Å². The van der Waals surface area contributed by atoms with Crippen LogP contribution in [0.1, 0.15) is 29.4 Å². The monoisotopic (exact) mass is 286 g/mol. The van der Waals surface area contributed by atoms with Crippen LogP contribution in [0, 0.1) is 12.3 Å².